The summed E-state index contributed by atoms with van der Waals surface area (Å²) in [4.78, 5) is 24.1. The van der Waals surface area contributed by atoms with Crippen molar-refractivity contribution in [1.82, 2.24) is 0 Å². The van der Waals surface area contributed by atoms with Crippen molar-refractivity contribution in [3.63, 3.8) is 0 Å². The van der Waals surface area contributed by atoms with E-state index in [-0.39, 0.29) is 41.0 Å². The smallest absolute Gasteiger partial charge is 0.302 e. The van der Waals surface area contributed by atoms with Crippen molar-refractivity contribution in [1.29, 1.82) is 0 Å². The first-order valence-electron chi connectivity index (χ1n) is 8.16. The minimum atomic E-state index is -1.68. The third-order valence-electron chi connectivity index (χ3n) is 7.40. The van der Waals surface area contributed by atoms with E-state index in [2.05, 4.69) is 13.8 Å². The van der Waals surface area contributed by atoms with E-state index < -0.39 is 17.6 Å². The SMILES string of the molecule is CC(=O)O[C@@H]1[C@@H]2C(CC1(C)C)[C@@H]1[C@@H]3C(=O)[C@@](O)(CO)[C@]2(C)[C@@H]31. The average Bonchev–Trinajstić information content (AvgIpc) is 3.00. The number of aliphatic hydroxyl groups excluding tert-OH is 1. The van der Waals surface area contributed by atoms with Gasteiger partial charge in [0.2, 0.25) is 0 Å². The highest BCUT2D eigenvalue weighted by Gasteiger charge is 2.88. The van der Waals surface area contributed by atoms with E-state index >= 15 is 0 Å². The van der Waals surface area contributed by atoms with E-state index in [4.69, 9.17) is 4.74 Å². The highest BCUT2D eigenvalue weighted by atomic mass is 16.5. The predicted molar refractivity (Wildman–Crippen MR) is 76.6 cm³/mol. The van der Waals surface area contributed by atoms with Gasteiger partial charge in [0.1, 0.15) is 6.10 Å². The van der Waals surface area contributed by atoms with E-state index in [0.29, 0.717) is 11.8 Å². The lowest BCUT2D eigenvalue weighted by molar-refractivity contribution is -0.175. The fourth-order valence-electron chi connectivity index (χ4n) is 6.65. The molecular formula is C17H24O5. The Bertz CT molecular complexity index is 584. The van der Waals surface area contributed by atoms with Gasteiger partial charge >= 0.3 is 5.97 Å². The van der Waals surface area contributed by atoms with Crippen LogP contribution in [0.3, 0.4) is 0 Å². The molecule has 0 saturated heterocycles. The van der Waals surface area contributed by atoms with Crippen LogP contribution in [0.25, 0.3) is 0 Å². The summed E-state index contributed by atoms with van der Waals surface area (Å²) in [6.45, 7) is 6.97. The number of aliphatic hydroxyl groups is 2. The molecule has 0 heterocycles. The lowest BCUT2D eigenvalue weighted by Gasteiger charge is -2.45. The number of fused-ring (bicyclic) bond motifs is 4. The Morgan fingerprint density at radius 3 is 2.50 bits per heavy atom. The van der Waals surface area contributed by atoms with Crippen LogP contribution in [0.5, 0.6) is 0 Å². The maximum atomic E-state index is 12.6. The Morgan fingerprint density at radius 2 is 1.95 bits per heavy atom. The maximum absolute atomic E-state index is 12.6. The highest BCUT2D eigenvalue weighted by Crippen LogP contribution is 2.83. The molecule has 0 radical (unpaired) electrons. The molecule has 4 aliphatic carbocycles. The average molecular weight is 308 g/mol. The van der Waals surface area contributed by atoms with Crippen LogP contribution >= 0.6 is 0 Å². The molecule has 4 rings (SSSR count). The lowest BCUT2D eigenvalue weighted by Crippen LogP contribution is -2.57. The first-order chi connectivity index (χ1) is 10.1. The van der Waals surface area contributed by atoms with Gasteiger partial charge in [-0.05, 0) is 24.2 Å². The molecule has 5 heteroatoms. The van der Waals surface area contributed by atoms with Crippen LogP contribution in [0.4, 0.5) is 0 Å². The van der Waals surface area contributed by atoms with Gasteiger partial charge < -0.3 is 14.9 Å². The van der Waals surface area contributed by atoms with Crippen LogP contribution in [0.15, 0.2) is 0 Å². The summed E-state index contributed by atoms with van der Waals surface area (Å²) in [5.41, 5.74) is -2.54. The molecule has 0 aromatic rings. The Morgan fingerprint density at radius 1 is 1.32 bits per heavy atom. The second-order valence-electron chi connectivity index (χ2n) is 8.71. The minimum Gasteiger partial charge on any atom is -0.462 e. The van der Waals surface area contributed by atoms with Crippen LogP contribution in [-0.2, 0) is 14.3 Å². The fraction of sp³-hybridized carbons (Fsp3) is 0.882. The standard InChI is InChI=1S/C17H24O5/c1-7(19)22-14-11-8(5-15(14,2)3)9-10-12(9)16(11,4)17(21,6-18)13(10)20/h8-12,14,18,21H,5-6H2,1-4H3/t8?,9-,10+,11+,12-,14-,16+,17+/m1/s1. The number of ketones is 1. The molecule has 0 spiro atoms. The molecule has 22 heavy (non-hydrogen) atoms. The normalized spacial score (nSPS) is 56.7. The third kappa shape index (κ3) is 1.27. The molecule has 2 N–H and O–H groups in total. The molecule has 5 nitrogen and oxygen atoms in total. The molecule has 1 unspecified atom stereocenters. The van der Waals surface area contributed by atoms with Crippen molar-refractivity contribution in [2.75, 3.05) is 6.61 Å². The van der Waals surface area contributed by atoms with Gasteiger partial charge in [-0.1, -0.05) is 20.8 Å². The van der Waals surface area contributed by atoms with Crippen LogP contribution in [0.2, 0.25) is 0 Å². The monoisotopic (exact) mass is 308 g/mol. The van der Waals surface area contributed by atoms with E-state index in [0.717, 1.165) is 6.42 Å². The molecule has 4 aliphatic rings. The molecule has 0 aromatic carbocycles. The molecule has 8 atom stereocenters. The molecule has 0 bridgehead atoms. The topological polar surface area (TPSA) is 83.8 Å². The molecular weight excluding hydrogens is 284 g/mol. The highest BCUT2D eigenvalue weighted by molar-refractivity contribution is 5.97. The van der Waals surface area contributed by atoms with Crippen LogP contribution < -0.4 is 0 Å². The van der Waals surface area contributed by atoms with Crippen LogP contribution in [0.1, 0.15) is 34.1 Å². The van der Waals surface area contributed by atoms with E-state index in [1.54, 1.807) is 0 Å². The molecule has 0 amide bonds. The first-order valence-corrected chi connectivity index (χ1v) is 8.16. The second kappa shape index (κ2) is 3.75. The number of esters is 1. The predicted octanol–water partition coefficient (Wildman–Crippen LogP) is 0.769. The molecule has 0 aromatic heterocycles. The van der Waals surface area contributed by atoms with Crippen LogP contribution in [-0.4, -0.2) is 40.3 Å². The van der Waals surface area contributed by atoms with Gasteiger partial charge in [0.25, 0.3) is 0 Å². The van der Waals surface area contributed by atoms with Crippen LogP contribution in [0, 0.1) is 40.4 Å². The van der Waals surface area contributed by atoms with Gasteiger partial charge in [0.15, 0.2) is 11.4 Å². The van der Waals surface area contributed by atoms with Crippen molar-refractivity contribution in [3.05, 3.63) is 0 Å². The quantitative estimate of drug-likeness (QED) is 0.736. The van der Waals surface area contributed by atoms with E-state index in [9.17, 15) is 19.8 Å². The Labute approximate surface area is 130 Å². The van der Waals surface area contributed by atoms with E-state index in [1.807, 2.05) is 6.92 Å². The fourth-order valence-corrected chi connectivity index (χ4v) is 6.65. The summed E-state index contributed by atoms with van der Waals surface area (Å²) >= 11 is 0. The lowest BCUT2D eigenvalue weighted by atomic mass is 9.64. The Hall–Kier alpha value is -0.940. The van der Waals surface area contributed by atoms with Gasteiger partial charge in [0.05, 0.1) is 6.61 Å². The summed E-state index contributed by atoms with van der Waals surface area (Å²) in [5.74, 6) is 0.0634. The first kappa shape index (κ1) is 14.6. The molecule has 4 saturated carbocycles. The number of rotatable bonds is 2. The maximum Gasteiger partial charge on any atom is 0.302 e. The summed E-state index contributed by atoms with van der Waals surface area (Å²) in [5, 5.41) is 20.7. The zero-order valence-corrected chi connectivity index (χ0v) is 13.5. The van der Waals surface area contributed by atoms with Gasteiger partial charge in [-0.3, -0.25) is 9.59 Å². The van der Waals surface area contributed by atoms with Gasteiger partial charge in [-0.25, -0.2) is 0 Å². The molecule has 122 valence electrons. The largest absolute Gasteiger partial charge is 0.462 e. The molecule has 4 fully saturated rings. The number of ether oxygens (including phenoxy) is 1. The summed E-state index contributed by atoms with van der Waals surface area (Å²) in [6, 6.07) is 0. The van der Waals surface area contributed by atoms with Gasteiger partial charge in [-0.15, -0.1) is 0 Å². The van der Waals surface area contributed by atoms with Crippen molar-refractivity contribution in [2.24, 2.45) is 40.4 Å². The summed E-state index contributed by atoms with van der Waals surface area (Å²) in [7, 11) is 0. The van der Waals surface area contributed by atoms with Crippen molar-refractivity contribution >= 4 is 11.8 Å². The number of carbonyl (C=O) groups is 2. The Kier molecular flexibility index (Phi) is 2.50. The Balaban J connectivity index is 1.82. The number of hydrogen-bond acceptors (Lipinski definition) is 5. The zero-order valence-electron chi connectivity index (χ0n) is 13.5. The number of hydrogen-bond donors (Lipinski definition) is 2. The molecule has 0 aliphatic heterocycles. The van der Waals surface area contributed by atoms with Gasteiger partial charge in [0, 0.05) is 29.6 Å². The third-order valence-corrected chi connectivity index (χ3v) is 7.40. The second-order valence-corrected chi connectivity index (χ2v) is 8.71. The zero-order chi connectivity index (χ0) is 16.2. The van der Waals surface area contributed by atoms with Crippen molar-refractivity contribution in [2.45, 2.75) is 45.8 Å². The van der Waals surface area contributed by atoms with Crippen molar-refractivity contribution < 1.29 is 24.5 Å². The number of Topliss-reactive ketones (excluding diaryl/α,β-unsaturated/α-hetero) is 1. The number of carbonyl (C=O) groups excluding carboxylic acids is 2. The summed E-state index contributed by atoms with van der Waals surface area (Å²) < 4.78 is 5.66. The van der Waals surface area contributed by atoms with Gasteiger partial charge in [-0.2, -0.15) is 0 Å². The summed E-state index contributed by atoms with van der Waals surface area (Å²) in [6.07, 6.45) is 0.593. The van der Waals surface area contributed by atoms with E-state index in [1.165, 1.54) is 6.92 Å². The van der Waals surface area contributed by atoms with Crippen molar-refractivity contribution in [3.8, 4) is 0 Å². The minimum absolute atomic E-state index is 0.0544.